The van der Waals surface area contributed by atoms with Gasteiger partial charge in [-0.2, -0.15) is 0 Å². The number of unbranched alkanes of at least 4 members (excludes halogenated alkanes) is 28. The first-order chi connectivity index (χ1) is 29.1. The minimum atomic E-state index is -4.71. The van der Waals surface area contributed by atoms with Gasteiger partial charge in [-0.15, -0.1) is 0 Å². The summed E-state index contributed by atoms with van der Waals surface area (Å²) in [6.45, 7) is 2.82. The van der Waals surface area contributed by atoms with Crippen LogP contribution in [0.25, 0.3) is 0 Å². The third-order valence-electron chi connectivity index (χ3n) is 10.7. The zero-order valence-electron chi connectivity index (χ0n) is 38.3. The number of phosphoric acid groups is 1. The molecule has 352 valence electrons. The van der Waals surface area contributed by atoms with Crippen molar-refractivity contribution in [3.05, 3.63) is 24.3 Å². The van der Waals surface area contributed by atoms with Crippen LogP contribution in [0.5, 0.6) is 0 Å². The van der Waals surface area contributed by atoms with Crippen LogP contribution in [0.1, 0.15) is 232 Å². The molecule has 0 radical (unpaired) electrons. The highest BCUT2D eigenvalue weighted by atomic mass is 31.2. The molecule has 0 saturated carbocycles. The van der Waals surface area contributed by atoms with Crippen molar-refractivity contribution in [2.24, 2.45) is 5.73 Å². The molecule has 0 spiro atoms. The van der Waals surface area contributed by atoms with Crippen molar-refractivity contribution in [1.82, 2.24) is 0 Å². The summed E-state index contributed by atoms with van der Waals surface area (Å²) in [5, 5.41) is 8.90. The van der Waals surface area contributed by atoms with Gasteiger partial charge in [0.05, 0.1) is 13.2 Å². The highest BCUT2D eigenvalue weighted by Crippen LogP contribution is 2.43. The summed E-state index contributed by atoms with van der Waals surface area (Å²) in [7, 11) is -4.71. The lowest BCUT2D eigenvalue weighted by Gasteiger charge is -2.20. The summed E-state index contributed by atoms with van der Waals surface area (Å²) >= 11 is 0. The molecule has 0 aliphatic heterocycles. The van der Waals surface area contributed by atoms with E-state index >= 15 is 0 Å². The molecule has 0 aromatic heterocycles. The van der Waals surface area contributed by atoms with Gasteiger partial charge in [0.2, 0.25) is 0 Å². The molecule has 0 aliphatic rings. The molecule has 3 atom stereocenters. The fourth-order valence-electron chi connectivity index (χ4n) is 6.86. The molecule has 0 heterocycles. The smallest absolute Gasteiger partial charge is 0.472 e. The van der Waals surface area contributed by atoms with Crippen molar-refractivity contribution in [2.75, 3.05) is 19.8 Å². The number of carboxylic acid groups (broad SMARTS) is 1. The van der Waals surface area contributed by atoms with E-state index < -0.39 is 51.1 Å². The minimum absolute atomic E-state index is 0.162. The molecule has 0 rings (SSSR count). The first-order valence-electron chi connectivity index (χ1n) is 24.4. The molecule has 11 nitrogen and oxygen atoms in total. The highest BCUT2D eigenvalue weighted by molar-refractivity contribution is 7.47. The fraction of sp³-hybridized carbons (Fsp3) is 0.854. The van der Waals surface area contributed by atoms with Gasteiger partial charge in [-0.1, -0.05) is 199 Å². The van der Waals surface area contributed by atoms with E-state index in [1.165, 1.54) is 148 Å². The lowest BCUT2D eigenvalue weighted by atomic mass is 10.0. The molecule has 12 heteroatoms. The number of aliphatic carboxylic acids is 1. The average molecular weight is 872 g/mol. The fourth-order valence-corrected chi connectivity index (χ4v) is 7.64. The van der Waals surface area contributed by atoms with E-state index in [9.17, 15) is 23.8 Å². The Bertz CT molecular complexity index is 1120. The van der Waals surface area contributed by atoms with Gasteiger partial charge in [-0.3, -0.25) is 23.4 Å². The van der Waals surface area contributed by atoms with Crippen LogP contribution in [0.15, 0.2) is 24.3 Å². The molecule has 0 aromatic carbocycles. The Morgan fingerprint density at radius 3 is 1.30 bits per heavy atom. The molecule has 0 amide bonds. The summed E-state index contributed by atoms with van der Waals surface area (Å²) in [6.07, 6.45) is 46.7. The first kappa shape index (κ1) is 58.0. The Balaban J connectivity index is 4.22. The Morgan fingerprint density at radius 2 is 0.883 bits per heavy atom. The lowest BCUT2D eigenvalue weighted by molar-refractivity contribution is -0.161. The van der Waals surface area contributed by atoms with Crippen LogP contribution in [-0.2, 0) is 37.5 Å². The normalized spacial score (nSPS) is 13.8. The number of carbonyl (C=O) groups is 3. The highest BCUT2D eigenvalue weighted by Gasteiger charge is 2.28. The summed E-state index contributed by atoms with van der Waals surface area (Å²) < 4.78 is 32.8. The summed E-state index contributed by atoms with van der Waals surface area (Å²) in [6, 6.07) is -1.52. The number of allylic oxidation sites excluding steroid dienone is 4. The predicted molar refractivity (Wildman–Crippen MR) is 245 cm³/mol. The number of carboxylic acids is 1. The van der Waals surface area contributed by atoms with Gasteiger partial charge in [-0.25, -0.2) is 4.57 Å². The van der Waals surface area contributed by atoms with Gasteiger partial charge in [0.1, 0.15) is 12.6 Å². The number of hydrogen-bond acceptors (Lipinski definition) is 9. The van der Waals surface area contributed by atoms with E-state index in [2.05, 4.69) is 42.7 Å². The van der Waals surface area contributed by atoms with Crippen LogP contribution in [0.3, 0.4) is 0 Å². The molecule has 0 fully saturated rings. The van der Waals surface area contributed by atoms with Crippen LogP contribution in [0, 0.1) is 0 Å². The van der Waals surface area contributed by atoms with Crippen molar-refractivity contribution >= 4 is 25.7 Å². The maximum absolute atomic E-state index is 12.7. The predicted octanol–water partition coefficient (Wildman–Crippen LogP) is 13.4. The molecule has 0 bridgehead atoms. The summed E-state index contributed by atoms with van der Waals surface area (Å²) in [5.41, 5.74) is 5.34. The van der Waals surface area contributed by atoms with Gasteiger partial charge >= 0.3 is 25.7 Å². The SMILES string of the molecule is CCCCCCC/C=C\C/C=C\CCCCCCCCCCCCCC(=O)OC(COC(=O)CCCCCCCCCCCCCCC)COP(=O)(O)OCC(N)C(=O)O. The van der Waals surface area contributed by atoms with Crippen LogP contribution in [0.4, 0.5) is 0 Å². The van der Waals surface area contributed by atoms with Crippen LogP contribution < -0.4 is 5.73 Å². The first-order valence-corrected chi connectivity index (χ1v) is 25.9. The Kier molecular flexibility index (Phi) is 42.1. The largest absolute Gasteiger partial charge is 0.480 e. The Labute approximate surface area is 366 Å². The quantitative estimate of drug-likeness (QED) is 0.0230. The number of nitrogens with two attached hydrogens (primary N) is 1. The van der Waals surface area contributed by atoms with Crippen molar-refractivity contribution in [3.8, 4) is 0 Å². The molecular weight excluding hydrogens is 781 g/mol. The maximum atomic E-state index is 12.7. The third-order valence-corrected chi connectivity index (χ3v) is 11.7. The number of esters is 2. The number of rotatable bonds is 46. The molecule has 0 aromatic rings. The maximum Gasteiger partial charge on any atom is 0.472 e. The Morgan fingerprint density at radius 1 is 0.517 bits per heavy atom. The summed E-state index contributed by atoms with van der Waals surface area (Å²) in [4.78, 5) is 46.1. The second-order valence-electron chi connectivity index (χ2n) is 16.6. The topological polar surface area (TPSA) is 172 Å². The number of phosphoric ester groups is 1. The van der Waals surface area contributed by atoms with E-state index in [4.69, 9.17) is 24.8 Å². The van der Waals surface area contributed by atoms with Crippen molar-refractivity contribution in [1.29, 1.82) is 0 Å². The van der Waals surface area contributed by atoms with Gasteiger partial charge in [0, 0.05) is 12.8 Å². The van der Waals surface area contributed by atoms with Crippen LogP contribution in [0.2, 0.25) is 0 Å². The summed E-state index contributed by atoms with van der Waals surface area (Å²) in [5.74, 6) is -2.37. The van der Waals surface area contributed by atoms with Crippen molar-refractivity contribution in [2.45, 2.75) is 244 Å². The standard InChI is InChI=1S/C48H90NO10P/c1-3-5-7-9-11-13-15-17-18-19-20-21-22-23-24-25-26-28-30-32-34-36-38-40-47(51)59-44(42-57-60(54,55)58-43-45(49)48(52)53)41-56-46(50)39-37-35-33-31-29-27-16-14-12-10-8-6-4-2/h15,17,19-20,44-45H,3-14,16,18,21-43,49H2,1-2H3,(H,52,53)(H,54,55)/b17-15-,20-19-. The van der Waals surface area contributed by atoms with Crippen molar-refractivity contribution in [3.63, 3.8) is 0 Å². The zero-order chi connectivity index (χ0) is 44.2. The molecule has 60 heavy (non-hydrogen) atoms. The monoisotopic (exact) mass is 872 g/mol. The van der Waals surface area contributed by atoms with Gasteiger partial charge in [0.15, 0.2) is 6.10 Å². The second-order valence-corrected chi connectivity index (χ2v) is 18.1. The van der Waals surface area contributed by atoms with Gasteiger partial charge in [-0.05, 0) is 44.9 Å². The third kappa shape index (κ3) is 42.6. The second kappa shape index (κ2) is 43.6. The molecule has 3 unspecified atom stereocenters. The molecule has 4 N–H and O–H groups in total. The van der Waals surface area contributed by atoms with E-state index in [0.717, 1.165) is 44.9 Å². The Hall–Kier alpha value is -2.04. The average Bonchev–Trinajstić information content (AvgIpc) is 3.22. The number of ether oxygens (including phenoxy) is 2. The minimum Gasteiger partial charge on any atom is -0.480 e. The van der Waals surface area contributed by atoms with E-state index in [1.807, 2.05) is 0 Å². The lowest BCUT2D eigenvalue weighted by Crippen LogP contribution is -2.34. The molecule has 0 aliphatic carbocycles. The zero-order valence-corrected chi connectivity index (χ0v) is 39.2. The van der Waals surface area contributed by atoms with Crippen LogP contribution >= 0.6 is 7.82 Å². The van der Waals surface area contributed by atoms with Crippen molar-refractivity contribution < 1.29 is 47.5 Å². The van der Waals surface area contributed by atoms with Gasteiger partial charge < -0.3 is 25.2 Å². The van der Waals surface area contributed by atoms with E-state index in [0.29, 0.717) is 12.8 Å². The van der Waals surface area contributed by atoms with Crippen LogP contribution in [-0.4, -0.2) is 59.9 Å². The van der Waals surface area contributed by atoms with E-state index in [1.54, 1.807) is 0 Å². The molecular formula is C48H90NO10P. The number of hydrogen-bond donors (Lipinski definition) is 3. The van der Waals surface area contributed by atoms with Gasteiger partial charge in [0.25, 0.3) is 0 Å². The molecule has 0 saturated heterocycles. The number of carbonyl (C=O) groups excluding carboxylic acids is 2. The van der Waals surface area contributed by atoms with E-state index in [-0.39, 0.29) is 19.4 Å².